The number of nitrogens with one attached hydrogen (secondary N) is 2. The maximum absolute atomic E-state index is 12.5. The number of esters is 1. The van der Waals surface area contributed by atoms with Crippen LogP contribution in [0.3, 0.4) is 0 Å². The van der Waals surface area contributed by atoms with Crippen molar-refractivity contribution in [2.45, 2.75) is 26.5 Å². The quantitative estimate of drug-likeness (QED) is 0.343. The number of benzene rings is 2. The molecule has 0 saturated heterocycles. The van der Waals surface area contributed by atoms with Gasteiger partial charge in [-0.3, -0.25) is 19.5 Å². The van der Waals surface area contributed by atoms with Crippen LogP contribution < -0.4 is 15.3 Å². The number of carbonyl (C=O) groups excluding carboxylic acids is 2. The maximum atomic E-state index is 12.5. The number of likely N-dealkylation sites (N-methyl/N-ethyl adjacent to an activating group) is 1. The third-order valence-corrected chi connectivity index (χ3v) is 5.15. The Labute approximate surface area is 197 Å². The fraction of sp³-hybridized carbons (Fsp3) is 0.304. The number of urea groups is 1. The van der Waals surface area contributed by atoms with E-state index in [0.717, 1.165) is 18.7 Å². The van der Waals surface area contributed by atoms with E-state index in [1.807, 2.05) is 49.1 Å². The number of aromatic nitrogens is 2. The molecule has 1 atom stereocenters. The summed E-state index contributed by atoms with van der Waals surface area (Å²) >= 11 is 5.85. The third-order valence-electron chi connectivity index (χ3n) is 4.89. The lowest BCUT2D eigenvalue weighted by Crippen LogP contribution is -2.40. The van der Waals surface area contributed by atoms with Gasteiger partial charge in [0, 0.05) is 10.7 Å². The number of halogens is 1. The van der Waals surface area contributed by atoms with Crippen molar-refractivity contribution in [3.05, 3.63) is 71.4 Å². The number of nitrogens with zero attached hydrogens (tertiary/aromatic N) is 3. The fourth-order valence-electron chi connectivity index (χ4n) is 3.10. The molecule has 33 heavy (non-hydrogen) atoms. The summed E-state index contributed by atoms with van der Waals surface area (Å²) < 4.78 is 12.4. The first kappa shape index (κ1) is 24.2. The lowest BCUT2D eigenvalue weighted by Gasteiger charge is -2.19. The van der Waals surface area contributed by atoms with Crippen LogP contribution in [-0.2, 0) is 16.1 Å². The number of hydrogen-bond acceptors (Lipinski definition) is 6. The average Bonchev–Trinajstić information content (AvgIpc) is 3.25. The van der Waals surface area contributed by atoms with E-state index in [2.05, 4.69) is 15.9 Å². The zero-order valence-electron chi connectivity index (χ0n) is 18.5. The van der Waals surface area contributed by atoms with Gasteiger partial charge in [-0.2, -0.15) is 0 Å². The molecule has 10 heteroatoms. The van der Waals surface area contributed by atoms with Gasteiger partial charge in [-0.15, -0.1) is 0 Å². The van der Waals surface area contributed by atoms with Crippen LogP contribution in [0.15, 0.2) is 65.3 Å². The molecule has 3 rings (SSSR count). The molecule has 2 aromatic carbocycles. The van der Waals surface area contributed by atoms with Gasteiger partial charge in [-0.05, 0) is 47.6 Å². The van der Waals surface area contributed by atoms with Crippen molar-refractivity contribution in [1.29, 1.82) is 0 Å². The van der Waals surface area contributed by atoms with Crippen LogP contribution >= 0.6 is 11.6 Å². The van der Waals surface area contributed by atoms with Gasteiger partial charge in [-0.25, -0.2) is 4.79 Å². The highest BCUT2D eigenvalue weighted by atomic mass is 35.5. The van der Waals surface area contributed by atoms with Gasteiger partial charge in [0.15, 0.2) is 6.10 Å². The Balaban J connectivity index is 1.63. The van der Waals surface area contributed by atoms with Crippen molar-refractivity contribution >= 4 is 35.2 Å². The minimum absolute atomic E-state index is 0.141. The number of carbonyl (C=O) groups is 2. The Kier molecular flexibility index (Phi) is 8.79. The van der Waals surface area contributed by atoms with Gasteiger partial charge in [0.05, 0.1) is 6.54 Å². The highest BCUT2D eigenvalue weighted by Gasteiger charge is 2.25. The molecule has 1 unspecified atom stereocenters. The SMILES string of the molecule is CCN(CC)CC(=O)OC(C[n+]1cc(NC(=O)Nc2ccc(Cl)cc2)on1)c1ccccc1. The van der Waals surface area contributed by atoms with Crippen LogP contribution in [0.2, 0.25) is 5.02 Å². The Bertz CT molecular complexity index is 1040. The Morgan fingerprint density at radius 1 is 1.09 bits per heavy atom. The van der Waals surface area contributed by atoms with Crippen molar-refractivity contribution in [2.75, 3.05) is 30.3 Å². The molecule has 0 saturated carbocycles. The van der Waals surface area contributed by atoms with Crippen molar-refractivity contribution in [2.24, 2.45) is 0 Å². The molecule has 2 amide bonds. The highest BCUT2D eigenvalue weighted by Crippen LogP contribution is 2.18. The summed E-state index contributed by atoms with van der Waals surface area (Å²) in [4.78, 5) is 26.7. The Morgan fingerprint density at radius 2 is 1.79 bits per heavy atom. The molecule has 0 fully saturated rings. The largest absolute Gasteiger partial charge is 0.450 e. The number of anilines is 2. The molecule has 1 heterocycles. The predicted octanol–water partition coefficient (Wildman–Crippen LogP) is 3.89. The van der Waals surface area contributed by atoms with Gasteiger partial charge in [0.2, 0.25) is 11.8 Å². The first-order valence-electron chi connectivity index (χ1n) is 10.6. The third kappa shape index (κ3) is 7.58. The van der Waals surface area contributed by atoms with E-state index in [4.69, 9.17) is 20.9 Å². The van der Waals surface area contributed by atoms with E-state index in [0.29, 0.717) is 10.7 Å². The zero-order chi connectivity index (χ0) is 23.6. The smallest absolute Gasteiger partial charge is 0.326 e. The molecular weight excluding hydrogens is 446 g/mol. The monoisotopic (exact) mass is 472 g/mol. The van der Waals surface area contributed by atoms with E-state index >= 15 is 0 Å². The molecule has 0 aliphatic rings. The molecule has 3 aromatic rings. The summed E-state index contributed by atoms with van der Waals surface area (Å²) in [7, 11) is 0. The number of amides is 2. The molecule has 0 aliphatic carbocycles. The highest BCUT2D eigenvalue weighted by molar-refractivity contribution is 6.30. The molecule has 9 nitrogen and oxygen atoms in total. The van der Waals surface area contributed by atoms with E-state index in [1.165, 1.54) is 10.9 Å². The molecule has 0 aliphatic heterocycles. The first-order chi connectivity index (χ1) is 16.0. The summed E-state index contributed by atoms with van der Waals surface area (Å²) in [6.45, 7) is 5.93. The normalized spacial score (nSPS) is 11.8. The van der Waals surface area contributed by atoms with Gasteiger partial charge < -0.3 is 10.1 Å². The van der Waals surface area contributed by atoms with E-state index in [1.54, 1.807) is 24.3 Å². The van der Waals surface area contributed by atoms with Crippen molar-refractivity contribution in [3.63, 3.8) is 0 Å². The lowest BCUT2D eigenvalue weighted by atomic mass is 10.1. The van der Waals surface area contributed by atoms with Crippen LogP contribution in [0.5, 0.6) is 0 Å². The number of hydrogen-bond donors (Lipinski definition) is 2. The van der Waals surface area contributed by atoms with E-state index < -0.39 is 12.1 Å². The summed E-state index contributed by atoms with van der Waals surface area (Å²) in [5.74, 6) is -0.180. The van der Waals surface area contributed by atoms with Gasteiger partial charge in [0.1, 0.15) is 0 Å². The minimum Gasteiger partial charge on any atom is -0.450 e. The molecule has 174 valence electrons. The molecule has 2 N–H and O–H groups in total. The zero-order valence-corrected chi connectivity index (χ0v) is 19.3. The standard InChI is InChI=1S/C23H26ClN5O4/c1-3-28(4-2)16-22(30)32-20(17-8-6-5-7-9-17)14-29-15-21(33-27-29)26-23(31)25-19-12-10-18(24)11-13-19/h5-13,15,20H,3-4,14,16H2,1-2H3,(H-,25,26,27,31)/p+1. The molecule has 0 bridgehead atoms. The maximum Gasteiger partial charge on any atom is 0.326 e. The van der Waals surface area contributed by atoms with E-state index in [9.17, 15) is 9.59 Å². The fourth-order valence-corrected chi connectivity index (χ4v) is 3.23. The summed E-state index contributed by atoms with van der Waals surface area (Å²) in [5.41, 5.74) is 1.41. The van der Waals surface area contributed by atoms with Gasteiger partial charge in [-0.1, -0.05) is 55.8 Å². The second-order valence-electron chi connectivity index (χ2n) is 7.22. The van der Waals surface area contributed by atoms with Crippen LogP contribution in [0.25, 0.3) is 0 Å². The van der Waals surface area contributed by atoms with Crippen molar-refractivity contribution in [1.82, 2.24) is 10.2 Å². The van der Waals surface area contributed by atoms with Crippen molar-refractivity contribution in [3.8, 4) is 0 Å². The molecule has 0 spiro atoms. The summed E-state index contributed by atoms with van der Waals surface area (Å²) in [5, 5.41) is 9.75. The second-order valence-corrected chi connectivity index (χ2v) is 7.66. The predicted molar refractivity (Wildman–Crippen MR) is 124 cm³/mol. The molecule has 1 aromatic heterocycles. The van der Waals surface area contributed by atoms with E-state index in [-0.39, 0.29) is 24.9 Å². The van der Waals surface area contributed by atoms with Crippen molar-refractivity contribution < 1.29 is 23.5 Å². The lowest BCUT2D eigenvalue weighted by molar-refractivity contribution is -0.768. The topological polar surface area (TPSA) is 101 Å². The first-order valence-corrected chi connectivity index (χ1v) is 11.0. The number of ether oxygens (including phenoxy) is 1. The van der Waals surface area contributed by atoms with Crippen LogP contribution in [0, 0.1) is 0 Å². The molecular formula is C23H27ClN5O4+. The van der Waals surface area contributed by atoms with Crippen LogP contribution in [-0.4, -0.2) is 41.8 Å². The Morgan fingerprint density at radius 3 is 2.45 bits per heavy atom. The second kappa shape index (κ2) is 12.0. The number of rotatable bonds is 10. The minimum atomic E-state index is -0.569. The summed E-state index contributed by atoms with van der Waals surface area (Å²) in [6.07, 6.45) is 0.954. The molecule has 0 radical (unpaired) electrons. The van der Waals surface area contributed by atoms with Gasteiger partial charge in [0.25, 0.3) is 6.20 Å². The Hall–Kier alpha value is -3.43. The van der Waals surface area contributed by atoms with Crippen LogP contribution in [0.4, 0.5) is 16.4 Å². The summed E-state index contributed by atoms with van der Waals surface area (Å²) in [6, 6.07) is 15.6. The van der Waals surface area contributed by atoms with Crippen LogP contribution in [0.1, 0.15) is 25.5 Å². The van der Waals surface area contributed by atoms with Gasteiger partial charge >= 0.3 is 17.9 Å². The average molecular weight is 473 g/mol.